The number of amides is 1. The summed E-state index contributed by atoms with van der Waals surface area (Å²) >= 11 is 0. The molecule has 2 unspecified atom stereocenters. The molecule has 0 spiro atoms. The van der Waals surface area contributed by atoms with Gasteiger partial charge in [-0.1, -0.05) is 12.1 Å². The molecule has 2 atom stereocenters. The lowest BCUT2D eigenvalue weighted by molar-refractivity contribution is 0.0735. The zero-order valence-electron chi connectivity index (χ0n) is 16.6. The summed E-state index contributed by atoms with van der Waals surface area (Å²) in [6.07, 6.45) is 7.30. The number of aromatic nitrogens is 5. The first kappa shape index (κ1) is 21.0. The fourth-order valence-electron chi connectivity index (χ4n) is 3.54. The van der Waals surface area contributed by atoms with E-state index in [2.05, 4.69) is 20.5 Å². The van der Waals surface area contributed by atoms with Gasteiger partial charge in [0.1, 0.15) is 18.3 Å². The van der Waals surface area contributed by atoms with Crippen molar-refractivity contribution in [1.82, 2.24) is 34.8 Å². The van der Waals surface area contributed by atoms with E-state index < -0.39 is 0 Å². The van der Waals surface area contributed by atoms with Crippen LogP contribution in [0.3, 0.4) is 0 Å². The molecule has 0 aliphatic carbocycles. The number of hydrogen-bond donors (Lipinski definition) is 1. The molecule has 3 aromatic rings. The van der Waals surface area contributed by atoms with E-state index in [-0.39, 0.29) is 24.4 Å². The topological polar surface area (TPSA) is 80.9 Å². The molecule has 154 valence electrons. The van der Waals surface area contributed by atoms with Crippen molar-refractivity contribution >= 4 is 18.3 Å². The molecule has 1 amide bonds. The number of halogens is 1. The van der Waals surface area contributed by atoms with E-state index in [1.165, 1.54) is 6.33 Å². The fraction of sp³-hybridized carbons (Fsp3) is 0.400. The highest BCUT2D eigenvalue weighted by Gasteiger charge is 2.23. The van der Waals surface area contributed by atoms with Crippen LogP contribution in [0.1, 0.15) is 47.9 Å². The summed E-state index contributed by atoms with van der Waals surface area (Å²) in [7, 11) is 1.82. The Morgan fingerprint density at radius 1 is 1.28 bits per heavy atom. The molecule has 1 saturated heterocycles. The van der Waals surface area contributed by atoms with Crippen molar-refractivity contribution < 1.29 is 4.79 Å². The van der Waals surface area contributed by atoms with Crippen LogP contribution in [0.15, 0.2) is 49.2 Å². The van der Waals surface area contributed by atoms with Gasteiger partial charge in [0.15, 0.2) is 0 Å². The Morgan fingerprint density at radius 2 is 2.07 bits per heavy atom. The monoisotopic (exact) mass is 415 g/mol. The Kier molecular flexibility index (Phi) is 6.66. The van der Waals surface area contributed by atoms with E-state index in [1.807, 2.05) is 55.2 Å². The zero-order chi connectivity index (χ0) is 19.5. The molecule has 1 N–H and O–H groups in total. The van der Waals surface area contributed by atoms with Crippen LogP contribution >= 0.6 is 12.4 Å². The van der Waals surface area contributed by atoms with Gasteiger partial charge in [0.05, 0.1) is 17.8 Å². The summed E-state index contributed by atoms with van der Waals surface area (Å²) in [5.41, 5.74) is 2.47. The molecule has 8 nitrogen and oxygen atoms in total. The second-order valence-corrected chi connectivity index (χ2v) is 7.20. The van der Waals surface area contributed by atoms with Crippen molar-refractivity contribution in [3.05, 3.63) is 60.4 Å². The normalized spacial score (nSPS) is 17.4. The first-order valence-electron chi connectivity index (χ1n) is 9.61. The van der Waals surface area contributed by atoms with E-state index >= 15 is 0 Å². The first-order valence-corrected chi connectivity index (χ1v) is 9.61. The molecule has 1 aromatic carbocycles. The first-order chi connectivity index (χ1) is 13.6. The van der Waals surface area contributed by atoms with Gasteiger partial charge >= 0.3 is 0 Å². The van der Waals surface area contributed by atoms with E-state index in [4.69, 9.17) is 0 Å². The van der Waals surface area contributed by atoms with Crippen molar-refractivity contribution in [2.24, 2.45) is 0 Å². The highest BCUT2D eigenvalue weighted by molar-refractivity contribution is 5.92. The maximum atomic E-state index is 12.9. The number of nitrogens with zero attached hydrogens (tertiary/aromatic N) is 6. The lowest BCUT2D eigenvalue weighted by atomic mass is 10.1. The fourth-order valence-corrected chi connectivity index (χ4v) is 3.54. The second-order valence-electron chi connectivity index (χ2n) is 7.20. The number of nitrogens with one attached hydrogen (secondary N) is 1. The van der Waals surface area contributed by atoms with Crippen molar-refractivity contribution in [3.63, 3.8) is 0 Å². The minimum absolute atomic E-state index is 0. The largest absolute Gasteiger partial charge is 0.334 e. The zero-order valence-corrected chi connectivity index (χ0v) is 17.4. The standard InChI is InChI=1S/C20H25N7O.ClH/c1-15(16-5-7-17(8-6-16)27-14-22-13-23-27)25(2)20(28)19-9-11-26(24-19)18-4-3-10-21-12-18;/h5-9,11,13-15,18,21H,3-4,10,12H2,1-2H3;1H. The Hall–Kier alpha value is -2.71. The van der Waals surface area contributed by atoms with Crippen LogP contribution < -0.4 is 5.32 Å². The van der Waals surface area contributed by atoms with Gasteiger partial charge in [-0.15, -0.1) is 12.4 Å². The lowest BCUT2D eigenvalue weighted by Crippen LogP contribution is -2.33. The lowest BCUT2D eigenvalue weighted by Gasteiger charge is -2.25. The van der Waals surface area contributed by atoms with Gasteiger partial charge in [-0.25, -0.2) is 9.67 Å². The van der Waals surface area contributed by atoms with Crippen molar-refractivity contribution in [2.75, 3.05) is 20.1 Å². The molecule has 3 heterocycles. The molecule has 2 aromatic heterocycles. The molecule has 4 rings (SSSR count). The van der Waals surface area contributed by atoms with Crippen molar-refractivity contribution in [2.45, 2.75) is 31.8 Å². The van der Waals surface area contributed by atoms with Crippen LogP contribution in [-0.2, 0) is 0 Å². The Labute approximate surface area is 176 Å². The van der Waals surface area contributed by atoms with Crippen LogP contribution in [0.5, 0.6) is 0 Å². The van der Waals surface area contributed by atoms with Gasteiger partial charge < -0.3 is 10.2 Å². The maximum absolute atomic E-state index is 12.9. The van der Waals surface area contributed by atoms with Crippen LogP contribution in [0, 0.1) is 0 Å². The quantitative estimate of drug-likeness (QED) is 0.692. The van der Waals surface area contributed by atoms with E-state index in [0.29, 0.717) is 11.7 Å². The van der Waals surface area contributed by atoms with Gasteiger partial charge in [-0.2, -0.15) is 10.2 Å². The molecule has 1 aliphatic heterocycles. The maximum Gasteiger partial charge on any atom is 0.274 e. The number of hydrogen-bond acceptors (Lipinski definition) is 5. The predicted octanol–water partition coefficient (Wildman–Crippen LogP) is 2.64. The second kappa shape index (κ2) is 9.19. The molecule has 9 heteroatoms. The van der Waals surface area contributed by atoms with E-state index in [1.54, 1.807) is 15.9 Å². The number of carbonyl (C=O) groups excluding carboxylic acids is 1. The van der Waals surface area contributed by atoms with Crippen LogP contribution in [-0.4, -0.2) is 55.5 Å². The number of benzene rings is 1. The molecule has 0 saturated carbocycles. The van der Waals surface area contributed by atoms with Gasteiger partial charge in [-0.3, -0.25) is 9.48 Å². The number of rotatable bonds is 5. The molecule has 0 bridgehead atoms. The highest BCUT2D eigenvalue weighted by Crippen LogP contribution is 2.22. The minimum atomic E-state index is -0.0737. The van der Waals surface area contributed by atoms with E-state index in [9.17, 15) is 4.79 Å². The molecule has 0 radical (unpaired) electrons. The summed E-state index contributed by atoms with van der Waals surface area (Å²) in [4.78, 5) is 18.6. The third kappa shape index (κ3) is 4.49. The van der Waals surface area contributed by atoms with Crippen LogP contribution in [0.4, 0.5) is 0 Å². The Morgan fingerprint density at radius 3 is 2.72 bits per heavy atom. The predicted molar refractivity (Wildman–Crippen MR) is 112 cm³/mol. The third-order valence-corrected chi connectivity index (χ3v) is 5.43. The summed E-state index contributed by atoms with van der Waals surface area (Å²) in [5, 5.41) is 12.1. The summed E-state index contributed by atoms with van der Waals surface area (Å²) in [6.45, 7) is 3.98. The van der Waals surface area contributed by atoms with Crippen molar-refractivity contribution in [3.8, 4) is 5.69 Å². The van der Waals surface area contributed by atoms with Crippen molar-refractivity contribution in [1.29, 1.82) is 0 Å². The molecular formula is C20H26ClN7O. The van der Waals surface area contributed by atoms with Crippen LogP contribution in [0.25, 0.3) is 5.69 Å². The minimum Gasteiger partial charge on any atom is -0.334 e. The summed E-state index contributed by atoms with van der Waals surface area (Å²) in [6, 6.07) is 10.0. The Bertz CT molecular complexity index is 917. The van der Waals surface area contributed by atoms with Gasteiger partial charge in [-0.05, 0) is 50.1 Å². The molecule has 1 fully saturated rings. The molecule has 29 heavy (non-hydrogen) atoms. The third-order valence-electron chi connectivity index (χ3n) is 5.43. The average Bonchev–Trinajstić information content (AvgIpc) is 3.45. The molecule has 1 aliphatic rings. The SMILES string of the molecule is CC(c1ccc(-n2cncn2)cc1)N(C)C(=O)c1ccn(C2CCCNC2)n1.Cl. The summed E-state index contributed by atoms with van der Waals surface area (Å²) in [5.74, 6) is -0.0737. The average molecular weight is 416 g/mol. The Balaban J connectivity index is 0.00000240. The highest BCUT2D eigenvalue weighted by atomic mass is 35.5. The number of piperidine rings is 1. The van der Waals surface area contributed by atoms with Gasteiger partial charge in [0.25, 0.3) is 5.91 Å². The van der Waals surface area contributed by atoms with Crippen LogP contribution in [0.2, 0.25) is 0 Å². The smallest absolute Gasteiger partial charge is 0.274 e. The van der Waals surface area contributed by atoms with Gasteiger partial charge in [0, 0.05) is 19.8 Å². The molecular weight excluding hydrogens is 390 g/mol. The van der Waals surface area contributed by atoms with Gasteiger partial charge in [0.2, 0.25) is 0 Å². The summed E-state index contributed by atoms with van der Waals surface area (Å²) < 4.78 is 3.63. The van der Waals surface area contributed by atoms with E-state index in [0.717, 1.165) is 37.2 Å². The number of carbonyl (C=O) groups is 1.